The van der Waals surface area contributed by atoms with Crippen molar-refractivity contribution in [3.63, 3.8) is 0 Å². The van der Waals surface area contributed by atoms with E-state index in [1.54, 1.807) is 0 Å². The third kappa shape index (κ3) is 2.31. The van der Waals surface area contributed by atoms with Crippen LogP contribution in [0.4, 0.5) is 0 Å². The standard InChI is InChI=1S/C10H16Cl2O/c11-8-5-6-9(10(8)12)13-7-3-1-2-4-7/h7-10H,1-6H2. The van der Waals surface area contributed by atoms with E-state index in [0.717, 1.165) is 12.8 Å². The Morgan fingerprint density at radius 3 is 2.15 bits per heavy atom. The SMILES string of the molecule is ClC1CCC(OC2CCCC2)C1Cl. The Bertz CT molecular complexity index is 168. The Morgan fingerprint density at radius 2 is 1.62 bits per heavy atom. The van der Waals surface area contributed by atoms with Gasteiger partial charge in [-0.2, -0.15) is 0 Å². The molecule has 76 valence electrons. The summed E-state index contributed by atoms with van der Waals surface area (Å²) in [5, 5.41) is 0.148. The summed E-state index contributed by atoms with van der Waals surface area (Å²) in [6.45, 7) is 0. The van der Waals surface area contributed by atoms with Crippen molar-refractivity contribution < 1.29 is 4.74 Å². The number of hydrogen-bond acceptors (Lipinski definition) is 1. The van der Waals surface area contributed by atoms with Crippen molar-refractivity contribution in [1.29, 1.82) is 0 Å². The molecule has 0 radical (unpaired) electrons. The van der Waals surface area contributed by atoms with Crippen LogP contribution in [0.2, 0.25) is 0 Å². The second-order valence-electron chi connectivity index (χ2n) is 4.12. The first-order valence-corrected chi connectivity index (χ1v) is 6.08. The minimum atomic E-state index is 0.0299. The van der Waals surface area contributed by atoms with E-state index in [4.69, 9.17) is 27.9 Å². The van der Waals surface area contributed by atoms with Crippen LogP contribution in [0.3, 0.4) is 0 Å². The van der Waals surface area contributed by atoms with E-state index in [-0.39, 0.29) is 16.9 Å². The molecule has 1 nitrogen and oxygen atoms in total. The molecule has 13 heavy (non-hydrogen) atoms. The monoisotopic (exact) mass is 222 g/mol. The molecule has 2 aliphatic carbocycles. The molecule has 3 unspecified atom stereocenters. The van der Waals surface area contributed by atoms with Crippen LogP contribution in [-0.4, -0.2) is 23.0 Å². The average molecular weight is 223 g/mol. The van der Waals surface area contributed by atoms with Gasteiger partial charge in [-0.15, -0.1) is 23.2 Å². The van der Waals surface area contributed by atoms with Gasteiger partial charge in [0.25, 0.3) is 0 Å². The summed E-state index contributed by atoms with van der Waals surface area (Å²) in [4.78, 5) is 0. The topological polar surface area (TPSA) is 9.23 Å². The van der Waals surface area contributed by atoms with Crippen LogP contribution in [0.5, 0.6) is 0 Å². The molecular formula is C10H16Cl2O. The fourth-order valence-corrected chi connectivity index (χ4v) is 2.89. The van der Waals surface area contributed by atoms with Gasteiger partial charge in [0.1, 0.15) is 0 Å². The lowest BCUT2D eigenvalue weighted by molar-refractivity contribution is -0.00161. The molecule has 0 amide bonds. The Balaban J connectivity index is 1.81. The lowest BCUT2D eigenvalue weighted by atomic mass is 10.2. The fraction of sp³-hybridized carbons (Fsp3) is 1.00. The molecule has 0 aliphatic heterocycles. The highest BCUT2D eigenvalue weighted by atomic mass is 35.5. The molecule has 0 bridgehead atoms. The van der Waals surface area contributed by atoms with Crippen LogP contribution >= 0.6 is 23.2 Å². The first-order chi connectivity index (χ1) is 6.27. The molecule has 0 heterocycles. The van der Waals surface area contributed by atoms with Crippen LogP contribution in [0.1, 0.15) is 38.5 Å². The van der Waals surface area contributed by atoms with Gasteiger partial charge >= 0.3 is 0 Å². The van der Waals surface area contributed by atoms with Gasteiger partial charge in [-0.25, -0.2) is 0 Å². The van der Waals surface area contributed by atoms with E-state index in [1.165, 1.54) is 25.7 Å². The van der Waals surface area contributed by atoms with Gasteiger partial charge in [-0.3, -0.25) is 0 Å². The first kappa shape index (κ1) is 10.1. The largest absolute Gasteiger partial charge is 0.373 e. The zero-order valence-corrected chi connectivity index (χ0v) is 9.23. The van der Waals surface area contributed by atoms with Crippen LogP contribution in [0.15, 0.2) is 0 Å². The van der Waals surface area contributed by atoms with Crippen molar-refractivity contribution in [3.05, 3.63) is 0 Å². The van der Waals surface area contributed by atoms with Crippen LogP contribution in [0.25, 0.3) is 0 Å². The van der Waals surface area contributed by atoms with Crippen molar-refractivity contribution in [2.75, 3.05) is 0 Å². The van der Waals surface area contributed by atoms with Crippen molar-refractivity contribution in [2.24, 2.45) is 0 Å². The minimum absolute atomic E-state index is 0.0299. The lowest BCUT2D eigenvalue weighted by Crippen LogP contribution is -2.27. The molecule has 0 aromatic rings. The van der Waals surface area contributed by atoms with Gasteiger partial charge in [0.15, 0.2) is 0 Å². The number of rotatable bonds is 2. The number of alkyl halides is 2. The second-order valence-corrected chi connectivity index (χ2v) is 5.18. The molecule has 3 heteroatoms. The predicted octanol–water partition coefficient (Wildman–Crippen LogP) is 3.32. The number of halogens is 2. The van der Waals surface area contributed by atoms with Gasteiger partial charge in [0.2, 0.25) is 0 Å². The highest BCUT2D eigenvalue weighted by Crippen LogP contribution is 2.34. The molecular weight excluding hydrogens is 207 g/mol. The van der Waals surface area contributed by atoms with Gasteiger partial charge in [0.05, 0.1) is 23.0 Å². The summed E-state index contributed by atoms with van der Waals surface area (Å²) in [5.74, 6) is 0. The predicted molar refractivity (Wildman–Crippen MR) is 55.6 cm³/mol. The van der Waals surface area contributed by atoms with Crippen molar-refractivity contribution >= 4 is 23.2 Å². The van der Waals surface area contributed by atoms with Crippen LogP contribution < -0.4 is 0 Å². The Hall–Kier alpha value is 0.540. The molecule has 0 spiro atoms. The summed E-state index contributed by atoms with van der Waals surface area (Å²) < 4.78 is 5.94. The van der Waals surface area contributed by atoms with Gasteiger partial charge in [-0.05, 0) is 25.7 Å². The van der Waals surface area contributed by atoms with E-state index in [2.05, 4.69) is 0 Å². The smallest absolute Gasteiger partial charge is 0.0761 e. The maximum atomic E-state index is 6.15. The van der Waals surface area contributed by atoms with Gasteiger partial charge in [0, 0.05) is 0 Å². The summed E-state index contributed by atoms with van der Waals surface area (Å²) in [6.07, 6.45) is 7.79. The second kappa shape index (κ2) is 4.37. The average Bonchev–Trinajstić information content (AvgIpc) is 2.71. The Kier molecular flexibility index (Phi) is 3.39. The lowest BCUT2D eigenvalue weighted by Gasteiger charge is -2.20. The maximum Gasteiger partial charge on any atom is 0.0761 e. The zero-order chi connectivity index (χ0) is 9.26. The number of hydrogen-bond donors (Lipinski definition) is 0. The van der Waals surface area contributed by atoms with Crippen LogP contribution in [0, 0.1) is 0 Å². The molecule has 2 fully saturated rings. The molecule has 0 aromatic carbocycles. The van der Waals surface area contributed by atoms with E-state index in [1.807, 2.05) is 0 Å². The summed E-state index contributed by atoms with van der Waals surface area (Å²) in [5.41, 5.74) is 0. The molecule has 0 aromatic heterocycles. The van der Waals surface area contributed by atoms with Crippen molar-refractivity contribution in [1.82, 2.24) is 0 Å². The summed E-state index contributed by atoms with van der Waals surface area (Å²) in [7, 11) is 0. The minimum Gasteiger partial charge on any atom is -0.373 e. The van der Waals surface area contributed by atoms with Crippen LogP contribution in [-0.2, 0) is 4.74 Å². The highest BCUT2D eigenvalue weighted by Gasteiger charge is 2.36. The Morgan fingerprint density at radius 1 is 0.923 bits per heavy atom. The maximum absolute atomic E-state index is 6.15. The van der Waals surface area contributed by atoms with Gasteiger partial charge in [-0.1, -0.05) is 12.8 Å². The van der Waals surface area contributed by atoms with E-state index < -0.39 is 0 Å². The van der Waals surface area contributed by atoms with E-state index in [0.29, 0.717) is 6.10 Å². The molecule has 0 N–H and O–H groups in total. The molecule has 3 atom stereocenters. The first-order valence-electron chi connectivity index (χ1n) is 5.21. The van der Waals surface area contributed by atoms with E-state index >= 15 is 0 Å². The molecule has 0 saturated heterocycles. The summed E-state index contributed by atoms with van der Waals surface area (Å²) >= 11 is 12.2. The van der Waals surface area contributed by atoms with Gasteiger partial charge < -0.3 is 4.74 Å². The Labute approximate surface area is 89.7 Å². The quantitative estimate of drug-likeness (QED) is 0.652. The normalized spacial score (nSPS) is 41.5. The highest BCUT2D eigenvalue weighted by molar-refractivity contribution is 6.30. The summed E-state index contributed by atoms with van der Waals surface area (Å²) in [6, 6.07) is 0. The molecule has 2 rings (SSSR count). The third-order valence-electron chi connectivity index (χ3n) is 3.10. The fourth-order valence-electron chi connectivity index (χ4n) is 2.29. The number of ether oxygens (including phenoxy) is 1. The molecule has 2 aliphatic rings. The zero-order valence-electron chi connectivity index (χ0n) is 7.72. The van der Waals surface area contributed by atoms with Crippen molar-refractivity contribution in [3.8, 4) is 0 Å². The van der Waals surface area contributed by atoms with Crippen molar-refractivity contribution in [2.45, 2.75) is 61.5 Å². The third-order valence-corrected chi connectivity index (χ3v) is 4.30. The van der Waals surface area contributed by atoms with E-state index in [9.17, 15) is 0 Å². The molecule has 2 saturated carbocycles.